The number of nitrogens with one attached hydrogen (secondary N) is 1. The second-order valence-corrected chi connectivity index (χ2v) is 4.29. The number of hydrogen-bond donors (Lipinski definition) is 1. The van der Waals surface area contributed by atoms with Gasteiger partial charge in [-0.1, -0.05) is 11.6 Å². The minimum absolute atomic E-state index is 0.0465. The molecule has 0 aromatic heterocycles. The summed E-state index contributed by atoms with van der Waals surface area (Å²) in [5.74, 6) is 0. The number of hydrogen-bond acceptors (Lipinski definition) is 1. The lowest BCUT2D eigenvalue weighted by Crippen LogP contribution is -2.14. The van der Waals surface area contributed by atoms with Crippen LogP contribution in [0.4, 0.5) is 13.2 Å². The Hall–Kier alpha value is -0.740. The predicted octanol–water partition coefficient (Wildman–Crippen LogP) is 3.78. The Bertz CT molecular complexity index is 383. The van der Waals surface area contributed by atoms with Crippen molar-refractivity contribution in [2.45, 2.75) is 25.1 Å². The van der Waals surface area contributed by atoms with Crippen LogP contribution in [0.15, 0.2) is 18.2 Å². The lowest BCUT2D eigenvalue weighted by Gasteiger charge is -2.15. The SMILES string of the molecule is FC(F)(F)c1ccc(Cl)c(C2CCCN2)c1. The van der Waals surface area contributed by atoms with Crippen molar-refractivity contribution in [1.29, 1.82) is 0 Å². The fourth-order valence-electron chi connectivity index (χ4n) is 1.94. The molecule has 0 spiro atoms. The number of halogens is 4. The number of rotatable bonds is 1. The highest BCUT2D eigenvalue weighted by molar-refractivity contribution is 6.31. The van der Waals surface area contributed by atoms with Crippen LogP contribution in [0.1, 0.15) is 30.0 Å². The van der Waals surface area contributed by atoms with Gasteiger partial charge in [-0.05, 0) is 43.1 Å². The molecule has 1 aliphatic rings. The fraction of sp³-hybridized carbons (Fsp3) is 0.455. The van der Waals surface area contributed by atoms with E-state index in [2.05, 4.69) is 5.32 Å². The molecule has 1 aliphatic heterocycles. The maximum Gasteiger partial charge on any atom is 0.416 e. The lowest BCUT2D eigenvalue weighted by molar-refractivity contribution is -0.137. The summed E-state index contributed by atoms with van der Waals surface area (Å²) in [6, 6.07) is 3.43. The molecule has 1 saturated heterocycles. The van der Waals surface area contributed by atoms with E-state index >= 15 is 0 Å². The molecular formula is C11H11ClF3N. The molecule has 5 heteroatoms. The molecule has 1 aromatic rings. The molecule has 1 unspecified atom stereocenters. The first-order valence-electron chi connectivity index (χ1n) is 5.08. The van der Waals surface area contributed by atoms with Crippen molar-refractivity contribution >= 4 is 11.6 Å². The second kappa shape index (κ2) is 4.26. The third-order valence-electron chi connectivity index (χ3n) is 2.76. The van der Waals surface area contributed by atoms with Gasteiger partial charge in [-0.2, -0.15) is 13.2 Å². The van der Waals surface area contributed by atoms with Crippen molar-refractivity contribution in [3.63, 3.8) is 0 Å². The van der Waals surface area contributed by atoms with Gasteiger partial charge in [0.15, 0.2) is 0 Å². The molecule has 1 N–H and O–H groups in total. The molecular weight excluding hydrogens is 239 g/mol. The number of benzene rings is 1. The Morgan fingerprint density at radius 2 is 2.06 bits per heavy atom. The van der Waals surface area contributed by atoms with E-state index in [9.17, 15) is 13.2 Å². The Morgan fingerprint density at radius 1 is 1.31 bits per heavy atom. The zero-order chi connectivity index (χ0) is 11.8. The molecule has 1 fully saturated rings. The Kier molecular flexibility index (Phi) is 3.13. The van der Waals surface area contributed by atoms with E-state index in [-0.39, 0.29) is 6.04 Å². The molecule has 0 aliphatic carbocycles. The molecule has 1 aromatic carbocycles. The van der Waals surface area contributed by atoms with Crippen LogP contribution in [-0.4, -0.2) is 6.54 Å². The molecule has 16 heavy (non-hydrogen) atoms. The third-order valence-corrected chi connectivity index (χ3v) is 3.10. The molecule has 1 heterocycles. The molecule has 0 saturated carbocycles. The first kappa shape index (κ1) is 11.7. The van der Waals surface area contributed by atoms with Gasteiger partial charge in [0.2, 0.25) is 0 Å². The summed E-state index contributed by atoms with van der Waals surface area (Å²) in [5, 5.41) is 3.54. The van der Waals surface area contributed by atoms with Gasteiger partial charge in [-0.15, -0.1) is 0 Å². The molecule has 2 rings (SSSR count). The second-order valence-electron chi connectivity index (χ2n) is 3.88. The summed E-state index contributed by atoms with van der Waals surface area (Å²) >= 11 is 5.92. The smallest absolute Gasteiger partial charge is 0.310 e. The van der Waals surface area contributed by atoms with E-state index < -0.39 is 11.7 Å². The molecule has 0 amide bonds. The van der Waals surface area contributed by atoms with Crippen molar-refractivity contribution in [2.75, 3.05) is 6.54 Å². The van der Waals surface area contributed by atoms with Crippen molar-refractivity contribution in [3.8, 4) is 0 Å². The fourth-order valence-corrected chi connectivity index (χ4v) is 2.19. The Morgan fingerprint density at radius 3 is 2.62 bits per heavy atom. The van der Waals surface area contributed by atoms with Crippen LogP contribution in [0.2, 0.25) is 5.02 Å². The largest absolute Gasteiger partial charge is 0.416 e. The van der Waals surface area contributed by atoms with Crippen LogP contribution in [0, 0.1) is 0 Å². The topological polar surface area (TPSA) is 12.0 Å². The van der Waals surface area contributed by atoms with Gasteiger partial charge >= 0.3 is 6.18 Å². The standard InChI is InChI=1S/C11H11ClF3N/c12-9-4-3-7(11(13,14)15)6-8(9)10-2-1-5-16-10/h3-4,6,10,16H,1-2,5H2. The van der Waals surface area contributed by atoms with Crippen molar-refractivity contribution in [3.05, 3.63) is 34.3 Å². The summed E-state index contributed by atoms with van der Waals surface area (Å²) in [4.78, 5) is 0. The molecule has 1 nitrogen and oxygen atoms in total. The third kappa shape index (κ3) is 2.33. The van der Waals surface area contributed by atoms with E-state index in [1.165, 1.54) is 6.07 Å². The van der Waals surface area contributed by atoms with Crippen LogP contribution < -0.4 is 5.32 Å². The van der Waals surface area contributed by atoms with Crippen LogP contribution in [0.3, 0.4) is 0 Å². The van der Waals surface area contributed by atoms with Gasteiger partial charge in [-0.3, -0.25) is 0 Å². The summed E-state index contributed by atoms with van der Waals surface area (Å²) in [5.41, 5.74) is -0.0883. The summed E-state index contributed by atoms with van der Waals surface area (Å²) in [7, 11) is 0. The molecule has 0 radical (unpaired) electrons. The van der Waals surface area contributed by atoms with Crippen molar-refractivity contribution in [1.82, 2.24) is 5.32 Å². The first-order valence-corrected chi connectivity index (χ1v) is 5.46. The minimum atomic E-state index is -4.31. The summed E-state index contributed by atoms with van der Waals surface area (Å²) < 4.78 is 37.6. The predicted molar refractivity (Wildman–Crippen MR) is 56.4 cm³/mol. The highest BCUT2D eigenvalue weighted by atomic mass is 35.5. The van der Waals surface area contributed by atoms with Crippen LogP contribution in [0.25, 0.3) is 0 Å². The molecule has 0 bridgehead atoms. The quantitative estimate of drug-likeness (QED) is 0.799. The number of alkyl halides is 3. The molecule has 1 atom stereocenters. The van der Waals surface area contributed by atoms with E-state index in [0.29, 0.717) is 10.6 Å². The van der Waals surface area contributed by atoms with Crippen LogP contribution in [0.5, 0.6) is 0 Å². The minimum Gasteiger partial charge on any atom is -0.310 e. The van der Waals surface area contributed by atoms with Gasteiger partial charge in [0.05, 0.1) is 5.56 Å². The Balaban J connectivity index is 2.36. The lowest BCUT2D eigenvalue weighted by atomic mass is 10.0. The van der Waals surface area contributed by atoms with E-state index in [4.69, 9.17) is 11.6 Å². The van der Waals surface area contributed by atoms with Crippen LogP contribution in [-0.2, 0) is 6.18 Å². The van der Waals surface area contributed by atoms with Gasteiger partial charge in [-0.25, -0.2) is 0 Å². The Labute approximate surface area is 96.6 Å². The van der Waals surface area contributed by atoms with E-state index in [0.717, 1.165) is 31.5 Å². The molecule has 88 valence electrons. The van der Waals surface area contributed by atoms with Gasteiger partial charge < -0.3 is 5.32 Å². The van der Waals surface area contributed by atoms with Crippen molar-refractivity contribution < 1.29 is 13.2 Å². The van der Waals surface area contributed by atoms with Crippen LogP contribution >= 0.6 is 11.6 Å². The monoisotopic (exact) mass is 249 g/mol. The average molecular weight is 250 g/mol. The van der Waals surface area contributed by atoms with Gasteiger partial charge in [0.25, 0.3) is 0 Å². The maximum atomic E-state index is 12.5. The summed E-state index contributed by atoms with van der Waals surface area (Å²) in [6.45, 7) is 0.831. The first-order chi connectivity index (χ1) is 7.48. The highest BCUT2D eigenvalue weighted by Gasteiger charge is 2.32. The summed E-state index contributed by atoms with van der Waals surface area (Å²) in [6.07, 6.45) is -2.50. The average Bonchev–Trinajstić information content (AvgIpc) is 2.69. The van der Waals surface area contributed by atoms with Gasteiger partial charge in [0.1, 0.15) is 0 Å². The van der Waals surface area contributed by atoms with Crippen molar-refractivity contribution in [2.24, 2.45) is 0 Å². The zero-order valence-corrected chi connectivity index (χ0v) is 9.20. The van der Waals surface area contributed by atoms with E-state index in [1.54, 1.807) is 0 Å². The highest BCUT2D eigenvalue weighted by Crippen LogP contribution is 2.35. The zero-order valence-electron chi connectivity index (χ0n) is 8.44. The maximum absolute atomic E-state index is 12.5. The normalized spacial score (nSPS) is 21.4. The van der Waals surface area contributed by atoms with E-state index in [1.807, 2.05) is 0 Å². The van der Waals surface area contributed by atoms with Gasteiger partial charge in [0, 0.05) is 11.1 Å².